The van der Waals surface area contributed by atoms with E-state index < -0.39 is 22.7 Å². The average molecular weight is 349 g/mol. The molecule has 0 unspecified atom stereocenters. The Morgan fingerprint density at radius 1 is 1.36 bits per heavy atom. The highest BCUT2D eigenvalue weighted by molar-refractivity contribution is 7.15. The molecule has 0 spiro atoms. The molecule has 0 aliphatic carbocycles. The van der Waals surface area contributed by atoms with Gasteiger partial charge in [-0.1, -0.05) is 11.6 Å². The number of halogens is 4. The lowest BCUT2D eigenvalue weighted by atomic mass is 10.2. The Balaban J connectivity index is 2.23. The minimum Gasteiger partial charge on any atom is -0.306 e. The molecule has 116 valence electrons. The van der Waals surface area contributed by atoms with E-state index >= 15 is 0 Å². The number of rotatable bonds is 3. The van der Waals surface area contributed by atoms with E-state index in [1.807, 2.05) is 0 Å². The fourth-order valence-electron chi connectivity index (χ4n) is 1.45. The highest BCUT2D eigenvalue weighted by Crippen LogP contribution is 2.35. The normalized spacial score (nSPS) is 11.3. The summed E-state index contributed by atoms with van der Waals surface area (Å²) in [5.41, 5.74) is -0.896. The Hall–Kier alpha value is -2.00. The van der Waals surface area contributed by atoms with Crippen LogP contribution in [0.2, 0.25) is 5.02 Å². The fraction of sp³-hybridized carbons (Fsp3) is 0.167. The molecule has 0 radical (unpaired) electrons. The lowest BCUT2D eigenvalue weighted by Gasteiger charge is -2.10. The third kappa shape index (κ3) is 3.60. The van der Waals surface area contributed by atoms with Crippen LogP contribution >= 0.6 is 22.9 Å². The molecule has 0 saturated carbocycles. The van der Waals surface area contributed by atoms with E-state index in [1.165, 1.54) is 13.1 Å². The van der Waals surface area contributed by atoms with E-state index in [2.05, 4.69) is 15.3 Å². The van der Waals surface area contributed by atoms with Gasteiger partial charge in [-0.15, -0.1) is 11.3 Å². The second-order valence-corrected chi connectivity index (χ2v) is 5.59. The van der Waals surface area contributed by atoms with Crippen molar-refractivity contribution in [3.8, 4) is 0 Å². The highest BCUT2D eigenvalue weighted by Gasteiger charge is 2.34. The number of alkyl halides is 3. The molecule has 0 fully saturated rings. The maximum absolute atomic E-state index is 12.7. The van der Waals surface area contributed by atoms with Crippen molar-refractivity contribution >= 4 is 40.4 Å². The number of carbonyl (C=O) groups is 1. The molecule has 2 N–H and O–H groups in total. The van der Waals surface area contributed by atoms with Crippen molar-refractivity contribution in [2.45, 2.75) is 13.1 Å². The quantitative estimate of drug-likeness (QED) is 0.827. The van der Waals surface area contributed by atoms with Crippen molar-refractivity contribution in [1.82, 2.24) is 9.97 Å². The molecule has 2 heterocycles. The number of pyridine rings is 1. The molecular formula is C12H8ClF3N4OS. The third-order valence-electron chi connectivity index (χ3n) is 2.45. The van der Waals surface area contributed by atoms with Crippen LogP contribution in [0.15, 0.2) is 18.5 Å². The third-order valence-corrected chi connectivity index (χ3v) is 3.87. The maximum atomic E-state index is 12.7. The zero-order valence-corrected chi connectivity index (χ0v) is 12.5. The first kappa shape index (κ1) is 16.4. The molecule has 0 atom stereocenters. The second-order valence-electron chi connectivity index (χ2n) is 4.16. The fourth-order valence-corrected chi connectivity index (χ4v) is 2.38. The van der Waals surface area contributed by atoms with Crippen LogP contribution in [0.1, 0.15) is 27.2 Å². The smallest absolute Gasteiger partial charge is 0.306 e. The van der Waals surface area contributed by atoms with Gasteiger partial charge in [-0.25, -0.2) is 9.97 Å². The maximum Gasteiger partial charge on any atom is 0.418 e. The lowest BCUT2D eigenvalue weighted by Crippen LogP contribution is -2.13. The van der Waals surface area contributed by atoms with E-state index in [9.17, 15) is 18.0 Å². The molecule has 22 heavy (non-hydrogen) atoms. The van der Waals surface area contributed by atoms with Gasteiger partial charge < -0.3 is 10.7 Å². The molecular weight excluding hydrogens is 341 g/mol. The van der Waals surface area contributed by atoms with Crippen LogP contribution in [0.4, 0.5) is 19.0 Å². The molecule has 0 aliphatic rings. The zero-order valence-electron chi connectivity index (χ0n) is 11.0. The largest absolute Gasteiger partial charge is 0.418 e. The number of nitrogens with one attached hydrogen (secondary N) is 2. The van der Waals surface area contributed by atoms with Gasteiger partial charge in [0, 0.05) is 6.20 Å². The SMILES string of the molecule is CC(=N)c1ncc(C(=O)Nc2cc(C(F)(F)F)c(Cl)cn2)s1. The first-order chi connectivity index (χ1) is 10.2. The predicted molar refractivity (Wildman–Crippen MR) is 76.8 cm³/mol. The van der Waals surface area contributed by atoms with Gasteiger partial charge in [0.05, 0.1) is 22.5 Å². The number of anilines is 1. The minimum atomic E-state index is -4.64. The highest BCUT2D eigenvalue weighted by atomic mass is 35.5. The van der Waals surface area contributed by atoms with E-state index in [0.29, 0.717) is 11.1 Å². The summed E-state index contributed by atoms with van der Waals surface area (Å²) in [7, 11) is 0. The summed E-state index contributed by atoms with van der Waals surface area (Å²) in [5, 5.41) is 9.44. The topological polar surface area (TPSA) is 78.7 Å². The Morgan fingerprint density at radius 2 is 2.05 bits per heavy atom. The molecule has 1 amide bonds. The monoisotopic (exact) mass is 348 g/mol. The Kier molecular flexibility index (Phi) is 4.47. The van der Waals surface area contributed by atoms with E-state index in [1.54, 1.807) is 0 Å². The van der Waals surface area contributed by atoms with Crippen LogP contribution in [-0.4, -0.2) is 21.6 Å². The first-order valence-electron chi connectivity index (χ1n) is 5.74. The molecule has 2 aromatic rings. The Morgan fingerprint density at radius 3 is 2.59 bits per heavy atom. The van der Waals surface area contributed by atoms with Crippen molar-refractivity contribution in [3.05, 3.63) is 38.9 Å². The molecule has 0 bridgehead atoms. The number of nitrogens with zero attached hydrogens (tertiary/aromatic N) is 2. The van der Waals surface area contributed by atoms with Crippen LogP contribution in [-0.2, 0) is 6.18 Å². The van der Waals surface area contributed by atoms with Gasteiger partial charge >= 0.3 is 6.18 Å². The first-order valence-corrected chi connectivity index (χ1v) is 6.93. The number of thiazole rings is 1. The molecule has 0 aliphatic heterocycles. The molecule has 0 aromatic carbocycles. The lowest BCUT2D eigenvalue weighted by molar-refractivity contribution is -0.137. The minimum absolute atomic E-state index is 0.159. The van der Waals surface area contributed by atoms with Gasteiger partial charge in [-0.05, 0) is 13.0 Å². The van der Waals surface area contributed by atoms with Crippen molar-refractivity contribution in [1.29, 1.82) is 5.41 Å². The van der Waals surface area contributed by atoms with Crippen molar-refractivity contribution < 1.29 is 18.0 Å². The number of hydrogen-bond acceptors (Lipinski definition) is 5. The van der Waals surface area contributed by atoms with Gasteiger partial charge in [0.25, 0.3) is 5.91 Å². The van der Waals surface area contributed by atoms with Crippen LogP contribution in [0.5, 0.6) is 0 Å². The summed E-state index contributed by atoms with van der Waals surface area (Å²) in [6.07, 6.45) is -2.58. The van der Waals surface area contributed by atoms with Gasteiger partial charge in [-0.3, -0.25) is 4.79 Å². The predicted octanol–water partition coefficient (Wildman–Crippen LogP) is 3.85. The summed E-state index contributed by atoms with van der Waals surface area (Å²) in [6, 6.07) is 0.657. The summed E-state index contributed by atoms with van der Waals surface area (Å²) in [6.45, 7) is 1.51. The Labute approximate surface area is 131 Å². The number of aromatic nitrogens is 2. The summed E-state index contributed by atoms with van der Waals surface area (Å²) >= 11 is 6.40. The van der Waals surface area contributed by atoms with Crippen LogP contribution in [0, 0.1) is 5.41 Å². The van der Waals surface area contributed by atoms with Crippen LogP contribution in [0.25, 0.3) is 0 Å². The zero-order chi connectivity index (χ0) is 16.5. The van der Waals surface area contributed by atoms with Crippen molar-refractivity contribution in [3.63, 3.8) is 0 Å². The standard InChI is InChI=1S/C12H8ClF3N4OS/c1-5(17)11-19-4-8(22-11)10(21)20-9-2-6(12(14,15)16)7(13)3-18-9/h2-4,17H,1H3,(H,18,20,21). The number of carbonyl (C=O) groups excluding carboxylic acids is 1. The van der Waals surface area contributed by atoms with E-state index in [-0.39, 0.29) is 16.4 Å². The summed E-state index contributed by atoms with van der Waals surface area (Å²) in [5.74, 6) is -0.934. The van der Waals surface area contributed by atoms with E-state index in [4.69, 9.17) is 17.0 Å². The van der Waals surface area contributed by atoms with Gasteiger partial charge in [0.1, 0.15) is 15.7 Å². The second kappa shape index (κ2) is 6.01. The molecule has 5 nitrogen and oxygen atoms in total. The van der Waals surface area contributed by atoms with Crippen LogP contribution in [0.3, 0.4) is 0 Å². The summed E-state index contributed by atoms with van der Waals surface area (Å²) in [4.78, 5) is 19.6. The summed E-state index contributed by atoms with van der Waals surface area (Å²) < 4.78 is 38.2. The number of amides is 1. The van der Waals surface area contributed by atoms with Gasteiger partial charge in [-0.2, -0.15) is 13.2 Å². The molecule has 2 aromatic heterocycles. The van der Waals surface area contributed by atoms with Gasteiger partial charge in [0.15, 0.2) is 0 Å². The number of hydrogen-bond donors (Lipinski definition) is 2. The Bertz CT molecular complexity index is 744. The van der Waals surface area contributed by atoms with E-state index in [0.717, 1.165) is 17.5 Å². The van der Waals surface area contributed by atoms with Crippen molar-refractivity contribution in [2.75, 3.05) is 5.32 Å². The molecule has 0 saturated heterocycles. The van der Waals surface area contributed by atoms with Crippen LogP contribution < -0.4 is 5.32 Å². The van der Waals surface area contributed by atoms with Gasteiger partial charge in [0.2, 0.25) is 0 Å². The molecule has 2 rings (SSSR count). The average Bonchev–Trinajstić information content (AvgIpc) is 2.89. The van der Waals surface area contributed by atoms with Crippen molar-refractivity contribution in [2.24, 2.45) is 0 Å². The molecule has 10 heteroatoms.